The number of carboxylic acids is 1. The molecule has 0 fully saturated rings. The van der Waals surface area contributed by atoms with Crippen molar-refractivity contribution in [3.8, 4) is 0 Å². The zero-order valence-electron chi connectivity index (χ0n) is 13.4. The molecule has 0 bridgehead atoms. The predicted octanol–water partition coefficient (Wildman–Crippen LogP) is 3.07. The number of carboxylic acid groups (broad SMARTS) is 1. The van der Waals surface area contributed by atoms with Crippen LogP contribution in [0.25, 0.3) is 0 Å². The van der Waals surface area contributed by atoms with Crippen molar-refractivity contribution in [3.05, 3.63) is 29.3 Å². The third kappa shape index (κ3) is 4.76. The van der Waals surface area contributed by atoms with Gasteiger partial charge in [0.1, 0.15) is 6.61 Å². The van der Waals surface area contributed by atoms with Gasteiger partial charge in [-0.2, -0.15) is 0 Å². The molecular formula is C16H23ClN2O4. The normalized spacial score (nSPS) is 15.1. The summed E-state index contributed by atoms with van der Waals surface area (Å²) in [7, 11) is 1.69. The molecule has 0 aromatic heterocycles. The number of carbonyl (C=O) groups excluding carboxylic acids is 1. The largest absolute Gasteiger partial charge is 0.481 e. The molecule has 1 atom stereocenters. The molecular weight excluding hydrogens is 320 g/mol. The number of fused-ring (bicyclic) bond motifs is 1. The molecule has 1 heterocycles. The number of aliphatic carboxylic acids is 1. The molecule has 0 spiro atoms. The molecule has 2 rings (SSSR count). The summed E-state index contributed by atoms with van der Waals surface area (Å²) in [6.07, 6.45) is 0.362. The highest BCUT2D eigenvalue weighted by molar-refractivity contribution is 5.85. The molecule has 0 saturated carbocycles. The van der Waals surface area contributed by atoms with Crippen LogP contribution in [-0.4, -0.2) is 42.2 Å². The number of ether oxygens (including phenoxy) is 1. The van der Waals surface area contributed by atoms with E-state index in [1.54, 1.807) is 7.05 Å². The Morgan fingerprint density at radius 2 is 2.17 bits per heavy atom. The van der Waals surface area contributed by atoms with Crippen LogP contribution >= 0.6 is 12.4 Å². The summed E-state index contributed by atoms with van der Waals surface area (Å²) >= 11 is 0. The first-order valence-corrected chi connectivity index (χ1v) is 7.48. The van der Waals surface area contributed by atoms with E-state index in [2.05, 4.69) is 5.32 Å². The smallest absolute Gasteiger partial charge is 0.409 e. The Balaban J connectivity index is 0.00000264. The molecule has 0 radical (unpaired) electrons. The number of nitrogens with zero attached hydrogens (tertiary/aromatic N) is 1. The number of halogens is 1. The molecule has 1 aromatic carbocycles. The maximum Gasteiger partial charge on any atom is 0.409 e. The fraction of sp³-hybridized carbons (Fsp3) is 0.500. The summed E-state index contributed by atoms with van der Waals surface area (Å²) in [6.45, 7) is 3.40. The minimum Gasteiger partial charge on any atom is -0.481 e. The molecule has 1 aliphatic heterocycles. The van der Waals surface area contributed by atoms with Crippen LogP contribution in [-0.2, 0) is 16.1 Å². The number of hydrogen-bond donors (Lipinski definition) is 2. The average Bonchev–Trinajstić information content (AvgIpc) is 2.93. The number of rotatable bonds is 6. The first-order chi connectivity index (χ1) is 10.5. The highest BCUT2D eigenvalue weighted by Gasteiger charge is 2.26. The van der Waals surface area contributed by atoms with Gasteiger partial charge in [-0.1, -0.05) is 12.1 Å². The fourth-order valence-corrected chi connectivity index (χ4v) is 2.63. The van der Waals surface area contributed by atoms with Crippen molar-refractivity contribution in [2.45, 2.75) is 32.3 Å². The van der Waals surface area contributed by atoms with Crippen LogP contribution in [0, 0.1) is 0 Å². The van der Waals surface area contributed by atoms with E-state index >= 15 is 0 Å². The number of benzene rings is 1. The maximum atomic E-state index is 11.8. The Morgan fingerprint density at radius 3 is 2.83 bits per heavy atom. The van der Waals surface area contributed by atoms with Crippen molar-refractivity contribution >= 4 is 30.2 Å². The quantitative estimate of drug-likeness (QED) is 0.830. The second kappa shape index (κ2) is 8.62. The number of amides is 1. The zero-order chi connectivity index (χ0) is 16.1. The summed E-state index contributed by atoms with van der Waals surface area (Å²) < 4.78 is 5.32. The van der Waals surface area contributed by atoms with E-state index in [1.807, 2.05) is 25.1 Å². The lowest BCUT2D eigenvalue weighted by molar-refractivity contribution is -0.137. The monoisotopic (exact) mass is 342 g/mol. The maximum absolute atomic E-state index is 11.8. The SMILES string of the molecule is CCN(C)C(=O)OCc1cccc2c1C(CCC(=O)O)CN2.Cl. The molecule has 128 valence electrons. The summed E-state index contributed by atoms with van der Waals surface area (Å²) in [4.78, 5) is 24.0. The van der Waals surface area contributed by atoms with Gasteiger partial charge < -0.3 is 20.1 Å². The fourth-order valence-electron chi connectivity index (χ4n) is 2.63. The van der Waals surface area contributed by atoms with Crippen LogP contribution in [0.5, 0.6) is 0 Å². The molecule has 0 aliphatic carbocycles. The van der Waals surface area contributed by atoms with Crippen LogP contribution in [0.1, 0.15) is 36.8 Å². The van der Waals surface area contributed by atoms with Gasteiger partial charge in [-0.15, -0.1) is 12.4 Å². The van der Waals surface area contributed by atoms with Crippen molar-refractivity contribution in [1.82, 2.24) is 4.90 Å². The van der Waals surface area contributed by atoms with Gasteiger partial charge in [-0.3, -0.25) is 4.79 Å². The predicted molar refractivity (Wildman–Crippen MR) is 90.3 cm³/mol. The van der Waals surface area contributed by atoms with E-state index in [9.17, 15) is 9.59 Å². The Bertz CT molecular complexity index is 565. The van der Waals surface area contributed by atoms with Crippen LogP contribution < -0.4 is 5.32 Å². The highest BCUT2D eigenvalue weighted by atomic mass is 35.5. The molecule has 1 aromatic rings. The molecule has 6 nitrogen and oxygen atoms in total. The minimum atomic E-state index is -0.790. The van der Waals surface area contributed by atoms with Crippen molar-refractivity contribution in [1.29, 1.82) is 0 Å². The Morgan fingerprint density at radius 1 is 1.43 bits per heavy atom. The molecule has 0 saturated heterocycles. The lowest BCUT2D eigenvalue weighted by atomic mass is 9.92. The lowest BCUT2D eigenvalue weighted by Gasteiger charge is -2.17. The van der Waals surface area contributed by atoms with Gasteiger partial charge in [-0.05, 0) is 30.5 Å². The zero-order valence-corrected chi connectivity index (χ0v) is 14.2. The van der Waals surface area contributed by atoms with Crippen LogP contribution in [0.3, 0.4) is 0 Å². The second-order valence-corrected chi connectivity index (χ2v) is 5.46. The molecule has 7 heteroatoms. The van der Waals surface area contributed by atoms with E-state index in [4.69, 9.17) is 9.84 Å². The van der Waals surface area contributed by atoms with E-state index in [1.165, 1.54) is 4.90 Å². The summed E-state index contributed by atoms with van der Waals surface area (Å²) in [5.41, 5.74) is 3.03. The summed E-state index contributed by atoms with van der Waals surface area (Å²) in [5, 5.41) is 12.2. The Hall–Kier alpha value is -1.95. The van der Waals surface area contributed by atoms with Gasteiger partial charge in [0, 0.05) is 38.2 Å². The van der Waals surface area contributed by atoms with Gasteiger partial charge >= 0.3 is 12.1 Å². The van der Waals surface area contributed by atoms with Crippen molar-refractivity contribution in [2.24, 2.45) is 0 Å². The van der Waals surface area contributed by atoms with Gasteiger partial charge in [0.15, 0.2) is 0 Å². The van der Waals surface area contributed by atoms with Gasteiger partial charge in [0.25, 0.3) is 0 Å². The Labute approximate surface area is 142 Å². The molecule has 1 unspecified atom stereocenters. The molecule has 1 amide bonds. The first kappa shape index (κ1) is 19.1. The topological polar surface area (TPSA) is 78.9 Å². The lowest BCUT2D eigenvalue weighted by Crippen LogP contribution is -2.27. The van der Waals surface area contributed by atoms with Crippen LogP contribution in [0.4, 0.5) is 10.5 Å². The van der Waals surface area contributed by atoms with Gasteiger partial charge in [0.05, 0.1) is 0 Å². The molecule has 2 N–H and O–H groups in total. The van der Waals surface area contributed by atoms with E-state index < -0.39 is 5.97 Å². The van der Waals surface area contributed by atoms with Gasteiger partial charge in [-0.25, -0.2) is 4.79 Å². The van der Waals surface area contributed by atoms with Crippen molar-refractivity contribution in [3.63, 3.8) is 0 Å². The average molecular weight is 343 g/mol. The summed E-state index contributed by atoms with van der Waals surface area (Å²) in [6, 6.07) is 5.82. The third-order valence-electron chi connectivity index (χ3n) is 3.99. The van der Waals surface area contributed by atoms with Crippen LogP contribution in [0.2, 0.25) is 0 Å². The van der Waals surface area contributed by atoms with Crippen molar-refractivity contribution in [2.75, 3.05) is 25.5 Å². The highest BCUT2D eigenvalue weighted by Crippen LogP contribution is 2.37. The van der Waals surface area contributed by atoms with Crippen molar-refractivity contribution < 1.29 is 19.4 Å². The first-order valence-electron chi connectivity index (χ1n) is 7.48. The number of carbonyl (C=O) groups is 2. The second-order valence-electron chi connectivity index (χ2n) is 5.46. The minimum absolute atomic E-state index is 0. The number of anilines is 1. The standard InChI is InChI=1S/C16H22N2O4.ClH/c1-3-18(2)16(21)22-10-12-5-4-6-13-15(12)11(9-17-13)7-8-14(19)20;/h4-6,11,17H,3,7-10H2,1-2H3,(H,19,20);1H. The number of hydrogen-bond acceptors (Lipinski definition) is 4. The van der Waals surface area contributed by atoms with E-state index in [0.717, 1.165) is 23.4 Å². The van der Waals surface area contributed by atoms with Gasteiger partial charge in [0.2, 0.25) is 0 Å². The molecule has 23 heavy (non-hydrogen) atoms. The third-order valence-corrected chi connectivity index (χ3v) is 3.99. The van der Waals surface area contributed by atoms with Crippen LogP contribution in [0.15, 0.2) is 18.2 Å². The number of nitrogens with one attached hydrogen (secondary N) is 1. The van der Waals surface area contributed by atoms with E-state index in [0.29, 0.717) is 13.0 Å². The summed E-state index contributed by atoms with van der Waals surface area (Å²) in [5.74, 6) is -0.646. The van der Waals surface area contributed by atoms with E-state index in [-0.39, 0.29) is 37.4 Å². The Kier molecular flexibility index (Phi) is 7.16. The molecule has 1 aliphatic rings.